The van der Waals surface area contributed by atoms with E-state index in [9.17, 15) is 4.79 Å². The molecule has 1 N–H and O–H groups in total. The minimum atomic E-state index is -4.92. The maximum atomic E-state index is 10.9. The van der Waals surface area contributed by atoms with Crippen LogP contribution in [-0.2, 0) is 16.9 Å². The molecule has 17 heavy (non-hydrogen) atoms. The molecular weight excluding hydrogens is 246 g/mol. The third-order valence-electron chi connectivity index (χ3n) is 1.64. The molecular formula is C10H13NO5S. The number of carbonyl (C=O) groups excluding carboxylic acids is 1. The molecule has 0 atom stereocenters. The summed E-state index contributed by atoms with van der Waals surface area (Å²) in [5, 5.41) is 0. The molecule has 0 saturated heterocycles. The number of pyridine rings is 1. The predicted molar refractivity (Wildman–Crippen MR) is 59.2 cm³/mol. The summed E-state index contributed by atoms with van der Waals surface area (Å²) in [6.07, 6.45) is 5.56. The van der Waals surface area contributed by atoms with E-state index in [1.807, 2.05) is 35.2 Å². The van der Waals surface area contributed by atoms with Crippen LogP contribution < -0.4 is 4.57 Å². The molecule has 1 aromatic heterocycles. The van der Waals surface area contributed by atoms with Crippen molar-refractivity contribution in [3.8, 4) is 0 Å². The molecule has 1 heterocycles. The van der Waals surface area contributed by atoms with Gasteiger partial charge in [-0.15, -0.1) is 0 Å². The van der Waals surface area contributed by atoms with Crippen LogP contribution in [0.5, 0.6) is 0 Å². The van der Waals surface area contributed by atoms with Gasteiger partial charge >= 0.3 is 0 Å². The van der Waals surface area contributed by atoms with E-state index < -0.39 is 10.4 Å². The summed E-state index contributed by atoms with van der Waals surface area (Å²) in [6.45, 7) is 5.96. The second-order valence-electron chi connectivity index (χ2n) is 3.06. The highest BCUT2D eigenvalue weighted by Gasteiger charge is 2.01. The van der Waals surface area contributed by atoms with Gasteiger partial charge in [-0.3, -0.25) is 9.35 Å². The van der Waals surface area contributed by atoms with E-state index >= 15 is 0 Å². The van der Waals surface area contributed by atoms with E-state index in [1.54, 1.807) is 6.92 Å². The number of allylic oxidation sites excluding steroid dienone is 1. The van der Waals surface area contributed by atoms with Gasteiger partial charge in [0, 0.05) is 17.7 Å². The number of hydrogen-bond acceptors (Lipinski definition) is 4. The van der Waals surface area contributed by atoms with Gasteiger partial charge in [0.1, 0.15) is 0 Å². The standard InChI is InChI=1S/C10H12NO.H2O4S/c1-3-6-11-7-4-10(5-8-11)9(2)12;1-5(2,3)4/h3-5,7-8H,1,6H2,2H3;(H2,1,2,3,4)/q+1;/p-1. The van der Waals surface area contributed by atoms with Gasteiger partial charge in [-0.25, -0.2) is 13.0 Å². The molecule has 0 fully saturated rings. The maximum Gasteiger partial charge on any atom is 0.215 e. The summed E-state index contributed by atoms with van der Waals surface area (Å²) >= 11 is 0. The van der Waals surface area contributed by atoms with Crippen LogP contribution in [-0.4, -0.2) is 23.3 Å². The van der Waals surface area contributed by atoms with Gasteiger partial charge in [-0.05, 0) is 13.0 Å². The van der Waals surface area contributed by atoms with Crippen molar-refractivity contribution in [3.63, 3.8) is 0 Å². The van der Waals surface area contributed by atoms with Crippen molar-refractivity contribution in [2.75, 3.05) is 0 Å². The minimum absolute atomic E-state index is 0.0979. The molecule has 94 valence electrons. The zero-order chi connectivity index (χ0) is 13.5. The number of aromatic nitrogens is 1. The second-order valence-corrected chi connectivity index (χ2v) is 3.91. The monoisotopic (exact) mass is 259 g/mol. The van der Waals surface area contributed by atoms with Gasteiger partial charge in [0.25, 0.3) is 0 Å². The minimum Gasteiger partial charge on any atom is -0.726 e. The summed E-state index contributed by atoms with van der Waals surface area (Å²) in [5.74, 6) is 0.0979. The fourth-order valence-corrected chi connectivity index (χ4v) is 0.963. The van der Waals surface area contributed by atoms with Gasteiger partial charge < -0.3 is 4.55 Å². The van der Waals surface area contributed by atoms with E-state index in [0.717, 1.165) is 12.1 Å². The van der Waals surface area contributed by atoms with E-state index in [0.29, 0.717) is 0 Å². The van der Waals surface area contributed by atoms with Gasteiger partial charge in [0.2, 0.25) is 10.4 Å². The third-order valence-corrected chi connectivity index (χ3v) is 1.64. The average Bonchev–Trinajstić information content (AvgIpc) is 2.16. The Bertz CT molecular complexity index is 470. The van der Waals surface area contributed by atoms with Crippen molar-refractivity contribution in [2.45, 2.75) is 13.5 Å². The molecule has 0 aliphatic rings. The molecule has 1 aromatic rings. The van der Waals surface area contributed by atoms with E-state index in [-0.39, 0.29) is 5.78 Å². The first kappa shape index (κ1) is 15.4. The van der Waals surface area contributed by atoms with Crippen molar-refractivity contribution in [2.24, 2.45) is 0 Å². The number of carbonyl (C=O) groups is 1. The lowest BCUT2D eigenvalue weighted by molar-refractivity contribution is -0.687. The number of nitrogens with zero attached hydrogens (tertiary/aromatic N) is 1. The smallest absolute Gasteiger partial charge is 0.215 e. The Balaban J connectivity index is 0.000000437. The molecule has 0 unspecified atom stereocenters. The van der Waals surface area contributed by atoms with Gasteiger partial charge in [0.05, 0.1) is 0 Å². The van der Waals surface area contributed by atoms with Crippen molar-refractivity contribution >= 4 is 16.2 Å². The Morgan fingerprint density at radius 3 is 2.24 bits per heavy atom. The molecule has 1 rings (SSSR count). The Morgan fingerprint density at radius 1 is 1.53 bits per heavy atom. The molecule has 0 saturated carbocycles. The lowest BCUT2D eigenvalue weighted by Gasteiger charge is -1.93. The molecule has 0 spiro atoms. The summed E-state index contributed by atoms with van der Waals surface area (Å²) in [4.78, 5) is 10.9. The van der Waals surface area contributed by atoms with E-state index in [4.69, 9.17) is 17.5 Å². The summed E-state index contributed by atoms with van der Waals surface area (Å²) < 4.78 is 34.8. The van der Waals surface area contributed by atoms with Gasteiger partial charge in [-0.1, -0.05) is 6.58 Å². The van der Waals surface area contributed by atoms with Crippen LogP contribution >= 0.6 is 0 Å². The summed E-state index contributed by atoms with van der Waals surface area (Å²) in [5.41, 5.74) is 0.746. The van der Waals surface area contributed by atoms with E-state index in [1.165, 1.54) is 0 Å². The maximum absolute atomic E-state index is 10.9. The molecule has 0 radical (unpaired) electrons. The number of Topliss-reactive ketones (excluding diaryl/α,β-unsaturated/α-hetero) is 1. The van der Waals surface area contributed by atoms with Crippen LogP contribution in [0.15, 0.2) is 37.2 Å². The molecule has 0 aliphatic carbocycles. The molecule has 7 heteroatoms. The van der Waals surface area contributed by atoms with Crippen molar-refractivity contribution in [1.82, 2.24) is 0 Å². The highest BCUT2D eigenvalue weighted by molar-refractivity contribution is 7.79. The fraction of sp³-hybridized carbons (Fsp3) is 0.200. The van der Waals surface area contributed by atoms with Crippen LogP contribution in [0.3, 0.4) is 0 Å². The van der Waals surface area contributed by atoms with Crippen LogP contribution in [0.4, 0.5) is 0 Å². The Labute approximate surface area is 99.8 Å². The molecule has 0 aromatic carbocycles. The number of hydrogen-bond donors (Lipinski definition) is 1. The first-order valence-corrected chi connectivity index (χ1v) is 5.89. The van der Waals surface area contributed by atoms with Crippen LogP contribution in [0.25, 0.3) is 0 Å². The normalized spacial score (nSPS) is 10.1. The summed E-state index contributed by atoms with van der Waals surface area (Å²) in [7, 11) is -4.92. The lowest BCUT2D eigenvalue weighted by atomic mass is 10.2. The zero-order valence-corrected chi connectivity index (χ0v) is 10.1. The highest BCUT2D eigenvalue weighted by Crippen LogP contribution is 1.95. The van der Waals surface area contributed by atoms with Crippen LogP contribution in [0.2, 0.25) is 0 Å². The Morgan fingerprint density at radius 2 is 1.94 bits per heavy atom. The van der Waals surface area contributed by atoms with E-state index in [2.05, 4.69) is 6.58 Å². The predicted octanol–water partition coefficient (Wildman–Crippen LogP) is 0.367. The van der Waals surface area contributed by atoms with Crippen LogP contribution in [0, 0.1) is 0 Å². The van der Waals surface area contributed by atoms with Gasteiger partial charge in [-0.2, -0.15) is 0 Å². The molecule has 0 amide bonds. The Kier molecular flexibility index (Phi) is 6.26. The zero-order valence-electron chi connectivity index (χ0n) is 9.24. The van der Waals surface area contributed by atoms with Gasteiger partial charge in [0.15, 0.2) is 24.7 Å². The molecule has 0 bridgehead atoms. The molecule has 0 aliphatic heterocycles. The topological polar surface area (TPSA) is 98.4 Å². The average molecular weight is 259 g/mol. The number of rotatable bonds is 3. The molecule has 6 nitrogen and oxygen atoms in total. The largest absolute Gasteiger partial charge is 0.726 e. The van der Waals surface area contributed by atoms with Crippen molar-refractivity contribution < 1.29 is 26.9 Å². The Hall–Kier alpha value is -1.57. The number of ketones is 1. The summed E-state index contributed by atoms with van der Waals surface area (Å²) in [6, 6.07) is 3.62. The highest BCUT2D eigenvalue weighted by atomic mass is 32.3. The van der Waals surface area contributed by atoms with Crippen molar-refractivity contribution in [3.05, 3.63) is 42.7 Å². The first-order valence-electron chi connectivity index (χ1n) is 4.53. The third kappa shape index (κ3) is 9.36. The fourth-order valence-electron chi connectivity index (χ4n) is 0.963. The first-order chi connectivity index (χ1) is 7.74. The second kappa shape index (κ2) is 6.89. The SMILES string of the molecule is C=CC[n+]1ccc(C(C)=O)cc1.O=S(=O)([O-])O. The van der Waals surface area contributed by atoms with Crippen LogP contribution in [0.1, 0.15) is 17.3 Å². The van der Waals surface area contributed by atoms with Crippen molar-refractivity contribution in [1.29, 1.82) is 0 Å². The lowest BCUT2D eigenvalue weighted by Crippen LogP contribution is -2.31. The quantitative estimate of drug-likeness (QED) is 0.278.